The summed E-state index contributed by atoms with van der Waals surface area (Å²) >= 11 is 0. The first kappa shape index (κ1) is 13.9. The number of amides is 1. The summed E-state index contributed by atoms with van der Waals surface area (Å²) in [6.45, 7) is 6.69. The van der Waals surface area contributed by atoms with Crippen molar-refractivity contribution in [2.75, 3.05) is 20.2 Å². The molecule has 0 aromatic carbocycles. The van der Waals surface area contributed by atoms with E-state index in [0.717, 1.165) is 0 Å². The van der Waals surface area contributed by atoms with E-state index in [1.165, 1.54) is 0 Å². The van der Waals surface area contributed by atoms with Crippen molar-refractivity contribution in [2.24, 2.45) is 10.9 Å². The zero-order valence-electron chi connectivity index (χ0n) is 10.8. The van der Waals surface area contributed by atoms with E-state index in [4.69, 9.17) is 9.57 Å². The van der Waals surface area contributed by atoms with Crippen molar-refractivity contribution in [3.05, 3.63) is 0 Å². The fraction of sp³-hybridized carbons (Fsp3) is 0.818. The van der Waals surface area contributed by atoms with Gasteiger partial charge in [0.2, 0.25) is 0 Å². The third-order valence-electron chi connectivity index (χ3n) is 2.28. The van der Waals surface area contributed by atoms with Gasteiger partial charge in [0.15, 0.2) is 0 Å². The highest BCUT2D eigenvalue weighted by molar-refractivity contribution is 5.69. The maximum absolute atomic E-state index is 11.5. The molecule has 17 heavy (non-hydrogen) atoms. The lowest BCUT2D eigenvalue weighted by molar-refractivity contribution is 0.0486. The van der Waals surface area contributed by atoms with E-state index >= 15 is 0 Å². The van der Waals surface area contributed by atoms with Gasteiger partial charge < -0.3 is 14.9 Å². The minimum atomic E-state index is -0.472. The highest BCUT2D eigenvalue weighted by atomic mass is 16.6. The lowest BCUT2D eigenvalue weighted by atomic mass is 10.0. The molecular formula is C11H21N3O3. The summed E-state index contributed by atoms with van der Waals surface area (Å²) in [7, 11) is 1.56. The van der Waals surface area contributed by atoms with Gasteiger partial charge in [-0.15, -0.1) is 0 Å². The molecule has 2 atom stereocenters. The van der Waals surface area contributed by atoms with Gasteiger partial charge in [-0.2, -0.15) is 5.48 Å². The van der Waals surface area contributed by atoms with E-state index in [0.29, 0.717) is 13.1 Å². The first-order valence-electron chi connectivity index (χ1n) is 5.67. The fourth-order valence-corrected chi connectivity index (χ4v) is 1.53. The van der Waals surface area contributed by atoms with Crippen LogP contribution in [0.3, 0.4) is 0 Å². The van der Waals surface area contributed by atoms with Gasteiger partial charge >= 0.3 is 6.09 Å². The molecule has 1 rings (SSSR count). The SMILES string of the molecule is CONC1C=NCC1CNC(=O)OC(C)(C)C. The summed E-state index contributed by atoms with van der Waals surface area (Å²) < 4.78 is 5.15. The van der Waals surface area contributed by atoms with Crippen LogP contribution in [0.1, 0.15) is 20.8 Å². The molecule has 6 heteroatoms. The highest BCUT2D eigenvalue weighted by Crippen LogP contribution is 2.10. The topological polar surface area (TPSA) is 72.0 Å². The molecule has 0 bridgehead atoms. The Morgan fingerprint density at radius 1 is 1.53 bits per heavy atom. The number of carbonyl (C=O) groups is 1. The monoisotopic (exact) mass is 243 g/mol. The minimum Gasteiger partial charge on any atom is -0.444 e. The lowest BCUT2D eigenvalue weighted by Crippen LogP contribution is -2.42. The fourth-order valence-electron chi connectivity index (χ4n) is 1.53. The van der Waals surface area contributed by atoms with Crippen LogP contribution in [0.15, 0.2) is 4.99 Å². The molecule has 0 aromatic heterocycles. The summed E-state index contributed by atoms with van der Waals surface area (Å²) in [5.74, 6) is 0.197. The molecule has 0 radical (unpaired) electrons. The van der Waals surface area contributed by atoms with Crippen molar-refractivity contribution in [3.63, 3.8) is 0 Å². The van der Waals surface area contributed by atoms with Crippen LogP contribution in [0, 0.1) is 5.92 Å². The molecule has 0 aromatic rings. The van der Waals surface area contributed by atoms with E-state index in [1.54, 1.807) is 13.3 Å². The van der Waals surface area contributed by atoms with Crippen LogP contribution in [-0.2, 0) is 9.57 Å². The molecule has 2 unspecified atom stereocenters. The molecule has 1 amide bonds. The van der Waals surface area contributed by atoms with Gasteiger partial charge in [0.1, 0.15) is 5.60 Å². The lowest BCUT2D eigenvalue weighted by Gasteiger charge is -2.22. The number of ether oxygens (including phenoxy) is 1. The molecule has 0 spiro atoms. The summed E-state index contributed by atoms with van der Waals surface area (Å²) in [5, 5.41) is 2.73. The molecule has 1 aliphatic heterocycles. The number of hydroxylamine groups is 1. The van der Waals surface area contributed by atoms with E-state index in [9.17, 15) is 4.79 Å². The van der Waals surface area contributed by atoms with Crippen molar-refractivity contribution >= 4 is 12.3 Å². The van der Waals surface area contributed by atoms with Gasteiger partial charge in [-0.25, -0.2) is 4.79 Å². The zero-order chi connectivity index (χ0) is 12.9. The highest BCUT2D eigenvalue weighted by Gasteiger charge is 2.25. The number of rotatable bonds is 4. The second kappa shape index (κ2) is 5.97. The standard InChI is InChI=1S/C11H21N3O3/c1-11(2,3)17-10(15)13-6-8-5-12-7-9(8)14-16-4/h7-9,14H,5-6H2,1-4H3,(H,13,15). The Hall–Kier alpha value is -1.14. The molecule has 2 N–H and O–H groups in total. The van der Waals surface area contributed by atoms with E-state index in [1.807, 2.05) is 20.8 Å². The van der Waals surface area contributed by atoms with Crippen LogP contribution in [0.4, 0.5) is 4.79 Å². The van der Waals surface area contributed by atoms with E-state index in [2.05, 4.69) is 15.8 Å². The van der Waals surface area contributed by atoms with Crippen LogP contribution in [0.2, 0.25) is 0 Å². The number of nitrogens with one attached hydrogen (secondary N) is 2. The van der Waals surface area contributed by atoms with Crippen molar-refractivity contribution in [1.29, 1.82) is 0 Å². The van der Waals surface area contributed by atoms with Gasteiger partial charge in [0, 0.05) is 25.2 Å². The second-order valence-corrected chi connectivity index (χ2v) is 5.00. The molecule has 1 aliphatic rings. The second-order valence-electron chi connectivity index (χ2n) is 5.00. The predicted octanol–water partition coefficient (Wildman–Crippen LogP) is 0.731. The Labute approximate surface area is 102 Å². The van der Waals surface area contributed by atoms with Crippen LogP contribution in [-0.4, -0.2) is 44.2 Å². The maximum atomic E-state index is 11.5. The Balaban J connectivity index is 2.28. The van der Waals surface area contributed by atoms with Crippen LogP contribution in [0.5, 0.6) is 0 Å². The zero-order valence-corrected chi connectivity index (χ0v) is 10.8. The van der Waals surface area contributed by atoms with Crippen molar-refractivity contribution < 1.29 is 14.4 Å². The third kappa shape index (κ3) is 5.14. The van der Waals surface area contributed by atoms with Crippen LogP contribution in [0.25, 0.3) is 0 Å². The largest absolute Gasteiger partial charge is 0.444 e. The molecule has 0 fully saturated rings. The van der Waals surface area contributed by atoms with Crippen LogP contribution < -0.4 is 10.8 Å². The molecule has 98 valence electrons. The number of hydrogen-bond donors (Lipinski definition) is 2. The third-order valence-corrected chi connectivity index (χ3v) is 2.28. The molecule has 0 saturated heterocycles. The Morgan fingerprint density at radius 2 is 2.24 bits per heavy atom. The van der Waals surface area contributed by atoms with Crippen LogP contribution >= 0.6 is 0 Å². The quantitative estimate of drug-likeness (QED) is 0.714. The summed E-state index contributed by atoms with van der Waals surface area (Å²) in [5.41, 5.74) is 2.35. The Morgan fingerprint density at radius 3 is 2.82 bits per heavy atom. The molecule has 1 heterocycles. The van der Waals surface area contributed by atoms with E-state index < -0.39 is 11.7 Å². The minimum absolute atomic E-state index is 0.0370. The average molecular weight is 243 g/mol. The Bertz CT molecular complexity index is 286. The number of carbonyl (C=O) groups excluding carboxylic acids is 1. The maximum Gasteiger partial charge on any atom is 0.407 e. The number of nitrogens with zero attached hydrogens (tertiary/aromatic N) is 1. The number of hydrogen-bond acceptors (Lipinski definition) is 5. The number of aliphatic imine (C=N–C) groups is 1. The summed E-state index contributed by atoms with van der Waals surface area (Å²) in [4.78, 5) is 20.5. The van der Waals surface area contributed by atoms with Crippen molar-refractivity contribution in [1.82, 2.24) is 10.8 Å². The van der Waals surface area contributed by atoms with Crippen molar-refractivity contribution in [2.45, 2.75) is 32.4 Å². The van der Waals surface area contributed by atoms with Crippen molar-refractivity contribution in [3.8, 4) is 0 Å². The predicted molar refractivity (Wildman–Crippen MR) is 65.0 cm³/mol. The van der Waals surface area contributed by atoms with Gasteiger partial charge in [-0.05, 0) is 20.8 Å². The van der Waals surface area contributed by atoms with Gasteiger partial charge in [-0.3, -0.25) is 4.99 Å². The first-order valence-corrected chi connectivity index (χ1v) is 5.67. The molecule has 6 nitrogen and oxygen atoms in total. The van der Waals surface area contributed by atoms with Gasteiger partial charge in [0.25, 0.3) is 0 Å². The summed E-state index contributed by atoms with van der Waals surface area (Å²) in [6, 6.07) is 0.0370. The molecule has 0 aliphatic carbocycles. The average Bonchev–Trinajstić information content (AvgIpc) is 2.60. The summed E-state index contributed by atoms with van der Waals surface area (Å²) in [6.07, 6.45) is 1.39. The van der Waals surface area contributed by atoms with E-state index in [-0.39, 0.29) is 12.0 Å². The van der Waals surface area contributed by atoms with Gasteiger partial charge in [0.05, 0.1) is 13.2 Å². The Kier molecular flexibility index (Phi) is 4.89. The smallest absolute Gasteiger partial charge is 0.407 e. The molecular weight excluding hydrogens is 222 g/mol. The molecule has 0 saturated carbocycles. The number of alkyl carbamates (subject to hydrolysis) is 1. The van der Waals surface area contributed by atoms with Gasteiger partial charge in [-0.1, -0.05) is 0 Å². The normalized spacial score (nSPS) is 23.8. The first-order chi connectivity index (χ1) is 7.92.